The summed E-state index contributed by atoms with van der Waals surface area (Å²) in [6.45, 7) is 0. The normalized spacial score (nSPS) is 11.9. The van der Waals surface area contributed by atoms with Gasteiger partial charge in [-0.2, -0.15) is 0 Å². The van der Waals surface area contributed by atoms with E-state index in [0.717, 1.165) is 26.8 Å². The molecule has 3 nitrogen and oxygen atoms in total. The first-order valence-electron chi connectivity index (χ1n) is 7.89. The summed E-state index contributed by atoms with van der Waals surface area (Å²) >= 11 is 3.11. The van der Waals surface area contributed by atoms with Crippen LogP contribution < -0.4 is 10.5 Å². The predicted molar refractivity (Wildman–Crippen MR) is 106 cm³/mol. The number of carbonyl (C=O) groups excluding carboxylic acids is 1. The van der Waals surface area contributed by atoms with Crippen LogP contribution in [-0.2, 0) is 0 Å². The summed E-state index contributed by atoms with van der Waals surface area (Å²) in [7, 11) is 1.65. The van der Waals surface area contributed by atoms with Crippen LogP contribution in [-0.4, -0.2) is 12.9 Å². The number of benzene rings is 2. The zero-order chi connectivity index (χ0) is 17.6. The average molecular weight is 370 g/mol. The van der Waals surface area contributed by atoms with Crippen LogP contribution in [0.25, 0.3) is 0 Å². The van der Waals surface area contributed by atoms with Crippen molar-refractivity contribution in [3.05, 3.63) is 76.5 Å². The molecule has 2 N–H and O–H groups in total. The fraction of sp³-hybridized carbons (Fsp3) is 0.150. The fourth-order valence-corrected chi connectivity index (χ4v) is 4.36. The Morgan fingerprint density at radius 3 is 2.52 bits per heavy atom. The van der Waals surface area contributed by atoms with E-state index < -0.39 is 0 Å². The first kappa shape index (κ1) is 17.6. The predicted octanol–water partition coefficient (Wildman–Crippen LogP) is 5.45. The number of methoxy groups -OCH3 is 1. The number of para-hydroxylation sites is 1. The maximum absolute atomic E-state index is 12.6. The molecule has 128 valence electrons. The summed E-state index contributed by atoms with van der Waals surface area (Å²) in [6, 6.07) is 19.4. The van der Waals surface area contributed by atoms with Gasteiger partial charge in [0.2, 0.25) is 0 Å². The van der Waals surface area contributed by atoms with E-state index in [2.05, 4.69) is 0 Å². The Morgan fingerprint density at radius 2 is 1.88 bits per heavy atom. The molecule has 0 amide bonds. The Labute approximate surface area is 155 Å². The van der Waals surface area contributed by atoms with Gasteiger partial charge in [0.1, 0.15) is 5.75 Å². The van der Waals surface area contributed by atoms with Gasteiger partial charge in [0.15, 0.2) is 5.78 Å². The van der Waals surface area contributed by atoms with Gasteiger partial charge < -0.3 is 10.5 Å². The summed E-state index contributed by atoms with van der Waals surface area (Å²) in [5.74, 6) is 0.953. The molecular weight excluding hydrogens is 350 g/mol. The largest absolute Gasteiger partial charge is 0.497 e. The minimum atomic E-state index is -0.00907. The molecule has 0 fully saturated rings. The number of thioether (sulfide) groups is 1. The minimum Gasteiger partial charge on any atom is -0.497 e. The number of hydrogen-bond acceptors (Lipinski definition) is 5. The summed E-state index contributed by atoms with van der Waals surface area (Å²) < 4.78 is 5.23. The topological polar surface area (TPSA) is 52.3 Å². The molecule has 0 radical (unpaired) electrons. The lowest BCUT2D eigenvalue weighted by Gasteiger charge is -2.17. The second-order valence-corrected chi connectivity index (χ2v) is 7.71. The van der Waals surface area contributed by atoms with Gasteiger partial charge >= 0.3 is 0 Å². The van der Waals surface area contributed by atoms with Crippen LogP contribution in [0.15, 0.2) is 70.9 Å². The number of anilines is 1. The minimum absolute atomic E-state index is 0.00907. The quantitative estimate of drug-likeness (QED) is 0.342. The second-order valence-electron chi connectivity index (χ2n) is 5.52. The number of nitrogen functional groups attached to an aromatic ring is 1. The Hall–Kier alpha value is -2.24. The molecular formula is C20H19NO2S2. The van der Waals surface area contributed by atoms with Crippen LogP contribution in [0.3, 0.4) is 0 Å². The van der Waals surface area contributed by atoms with E-state index in [-0.39, 0.29) is 11.0 Å². The van der Waals surface area contributed by atoms with E-state index in [1.807, 2.05) is 66.0 Å². The van der Waals surface area contributed by atoms with Crippen molar-refractivity contribution >= 4 is 34.6 Å². The van der Waals surface area contributed by atoms with Gasteiger partial charge in [0, 0.05) is 22.3 Å². The number of thiophene rings is 1. The molecule has 2 aromatic carbocycles. The zero-order valence-electron chi connectivity index (χ0n) is 13.8. The summed E-state index contributed by atoms with van der Waals surface area (Å²) in [6.07, 6.45) is 0.422. The molecule has 0 unspecified atom stereocenters. The monoisotopic (exact) mass is 369 g/mol. The molecule has 3 rings (SSSR count). The summed E-state index contributed by atoms with van der Waals surface area (Å²) in [4.78, 5) is 14.4. The molecule has 0 bridgehead atoms. The molecule has 0 aliphatic carbocycles. The van der Waals surface area contributed by atoms with Crippen molar-refractivity contribution in [2.24, 2.45) is 0 Å². The number of ketones is 1. The highest BCUT2D eigenvalue weighted by Gasteiger charge is 2.20. The van der Waals surface area contributed by atoms with Crippen molar-refractivity contribution in [3.63, 3.8) is 0 Å². The molecule has 0 aliphatic rings. The lowest BCUT2D eigenvalue weighted by Crippen LogP contribution is -2.04. The van der Waals surface area contributed by atoms with Crippen LogP contribution in [0.5, 0.6) is 5.75 Å². The molecule has 1 atom stereocenters. The standard InChI is InChI=1S/C20H19NO2S2/c1-23-15-10-8-14(9-11-15)20(13-17(22)19-7-4-12-24-19)25-18-6-3-2-5-16(18)21/h2-12,20H,13,21H2,1H3/t20-/m1/s1. The van der Waals surface area contributed by atoms with Gasteiger partial charge in [-0.25, -0.2) is 0 Å². The number of ether oxygens (including phenoxy) is 1. The number of nitrogens with two attached hydrogens (primary N) is 1. The highest BCUT2D eigenvalue weighted by atomic mass is 32.2. The molecule has 0 aliphatic heterocycles. The molecule has 0 spiro atoms. The van der Waals surface area contributed by atoms with Gasteiger partial charge in [-0.05, 0) is 41.3 Å². The van der Waals surface area contributed by atoms with Crippen molar-refractivity contribution in [2.75, 3.05) is 12.8 Å². The van der Waals surface area contributed by atoms with Gasteiger partial charge in [-0.15, -0.1) is 23.1 Å². The maximum atomic E-state index is 12.6. The number of rotatable bonds is 7. The fourth-order valence-electron chi connectivity index (χ4n) is 2.49. The third kappa shape index (κ3) is 4.44. The van der Waals surface area contributed by atoms with Crippen molar-refractivity contribution in [1.29, 1.82) is 0 Å². The Bertz CT molecular complexity index is 829. The second kappa shape index (κ2) is 8.23. The summed E-state index contributed by atoms with van der Waals surface area (Å²) in [5.41, 5.74) is 7.91. The first-order chi connectivity index (χ1) is 12.2. The number of carbonyl (C=O) groups is 1. The third-order valence-corrected chi connectivity index (χ3v) is 6.10. The number of Topliss-reactive ketones (excluding diaryl/α,β-unsaturated/α-hetero) is 1. The van der Waals surface area contributed by atoms with Gasteiger partial charge in [0.25, 0.3) is 0 Å². The molecule has 1 heterocycles. The average Bonchev–Trinajstić information content (AvgIpc) is 3.18. The Balaban J connectivity index is 1.87. The Kier molecular flexibility index (Phi) is 5.79. The van der Waals surface area contributed by atoms with Gasteiger partial charge in [-0.1, -0.05) is 30.3 Å². The van der Waals surface area contributed by atoms with Crippen molar-refractivity contribution in [3.8, 4) is 5.75 Å². The van der Waals surface area contributed by atoms with Crippen molar-refractivity contribution in [1.82, 2.24) is 0 Å². The van der Waals surface area contributed by atoms with Gasteiger partial charge in [0.05, 0.1) is 12.0 Å². The summed E-state index contributed by atoms with van der Waals surface area (Å²) in [5, 5.41) is 1.92. The Morgan fingerprint density at radius 1 is 1.12 bits per heavy atom. The van der Waals surface area contributed by atoms with Crippen LogP contribution in [0.1, 0.15) is 26.9 Å². The molecule has 5 heteroatoms. The van der Waals surface area contributed by atoms with E-state index in [1.165, 1.54) is 11.3 Å². The highest BCUT2D eigenvalue weighted by molar-refractivity contribution is 7.99. The first-order valence-corrected chi connectivity index (χ1v) is 9.65. The van der Waals surface area contributed by atoms with Crippen molar-refractivity contribution in [2.45, 2.75) is 16.6 Å². The van der Waals surface area contributed by atoms with Crippen LogP contribution in [0.2, 0.25) is 0 Å². The lowest BCUT2D eigenvalue weighted by molar-refractivity contribution is 0.0986. The molecule has 1 aromatic heterocycles. The van der Waals surface area contributed by atoms with E-state index in [4.69, 9.17) is 10.5 Å². The SMILES string of the molecule is COc1ccc([C@@H](CC(=O)c2cccs2)Sc2ccccc2N)cc1. The molecule has 0 saturated heterocycles. The van der Waals surface area contributed by atoms with E-state index in [9.17, 15) is 4.79 Å². The maximum Gasteiger partial charge on any atom is 0.174 e. The van der Waals surface area contributed by atoms with Crippen molar-refractivity contribution < 1.29 is 9.53 Å². The molecule has 0 saturated carbocycles. The van der Waals surface area contributed by atoms with E-state index >= 15 is 0 Å². The molecule has 3 aromatic rings. The van der Waals surface area contributed by atoms with Crippen LogP contribution in [0, 0.1) is 0 Å². The zero-order valence-corrected chi connectivity index (χ0v) is 15.5. The lowest BCUT2D eigenvalue weighted by atomic mass is 10.1. The smallest absolute Gasteiger partial charge is 0.174 e. The van der Waals surface area contributed by atoms with E-state index in [0.29, 0.717) is 6.42 Å². The van der Waals surface area contributed by atoms with E-state index in [1.54, 1.807) is 18.9 Å². The number of hydrogen-bond donors (Lipinski definition) is 1. The van der Waals surface area contributed by atoms with Crippen LogP contribution >= 0.6 is 23.1 Å². The highest BCUT2D eigenvalue weighted by Crippen LogP contribution is 2.41. The third-order valence-electron chi connectivity index (χ3n) is 3.84. The van der Waals surface area contributed by atoms with Gasteiger partial charge in [-0.3, -0.25) is 4.79 Å². The molecule has 25 heavy (non-hydrogen) atoms. The van der Waals surface area contributed by atoms with Crippen LogP contribution in [0.4, 0.5) is 5.69 Å².